The molecule has 3 heteroatoms. The number of ether oxygens (including phenoxy) is 1. The van der Waals surface area contributed by atoms with Gasteiger partial charge in [0.25, 0.3) is 0 Å². The Morgan fingerprint density at radius 1 is 1.50 bits per heavy atom. The summed E-state index contributed by atoms with van der Waals surface area (Å²) in [6, 6.07) is 7.99. The number of carbonyl (C=O) groups excluding carboxylic acids is 1. The number of carbonyl (C=O) groups is 1. The predicted molar refractivity (Wildman–Crippen MR) is 53.1 cm³/mol. The Hall–Kier alpha value is -1.51. The van der Waals surface area contributed by atoms with Crippen LogP contribution in [0.15, 0.2) is 24.3 Å². The van der Waals surface area contributed by atoms with Gasteiger partial charge in [-0.2, -0.15) is 0 Å². The molecule has 14 heavy (non-hydrogen) atoms. The number of hydrogen-bond donors (Lipinski definition) is 1. The fraction of sp³-hybridized carbons (Fsp3) is 0.364. The van der Waals surface area contributed by atoms with E-state index in [2.05, 4.69) is 5.32 Å². The Bertz CT molecular complexity index is 349. The maximum atomic E-state index is 11.0. The van der Waals surface area contributed by atoms with Crippen LogP contribution in [-0.4, -0.2) is 13.0 Å². The molecule has 1 aliphatic heterocycles. The van der Waals surface area contributed by atoms with Gasteiger partial charge >= 0.3 is 0 Å². The monoisotopic (exact) mass is 191 g/mol. The molecule has 1 N–H and O–H groups in total. The smallest absolute Gasteiger partial charge is 0.220 e. The molecule has 1 aliphatic rings. The molecular formula is C11H13NO2. The molecule has 2 rings (SSSR count). The molecule has 1 unspecified atom stereocenters. The third-order valence-electron chi connectivity index (χ3n) is 2.49. The minimum absolute atomic E-state index is 0.137. The van der Waals surface area contributed by atoms with Gasteiger partial charge in [0.2, 0.25) is 5.91 Å². The summed E-state index contributed by atoms with van der Waals surface area (Å²) in [5.41, 5.74) is 1.12. The van der Waals surface area contributed by atoms with Crippen molar-refractivity contribution in [1.82, 2.24) is 5.32 Å². The number of amides is 1. The summed E-state index contributed by atoms with van der Waals surface area (Å²) in [4.78, 5) is 11.0. The van der Waals surface area contributed by atoms with Crippen LogP contribution in [0.25, 0.3) is 0 Å². The van der Waals surface area contributed by atoms with E-state index in [0.29, 0.717) is 6.42 Å². The number of nitrogens with one attached hydrogen (secondary N) is 1. The van der Waals surface area contributed by atoms with Crippen molar-refractivity contribution in [3.63, 3.8) is 0 Å². The SMILES string of the molecule is COc1cccc(C2CCC(=O)N2)c1. The average Bonchev–Trinajstić information content (AvgIpc) is 2.65. The summed E-state index contributed by atoms with van der Waals surface area (Å²) in [5.74, 6) is 0.974. The van der Waals surface area contributed by atoms with Crippen LogP contribution in [0.1, 0.15) is 24.4 Å². The second-order valence-electron chi connectivity index (χ2n) is 3.44. The van der Waals surface area contributed by atoms with Crippen molar-refractivity contribution in [2.24, 2.45) is 0 Å². The van der Waals surface area contributed by atoms with E-state index >= 15 is 0 Å². The number of rotatable bonds is 2. The Kier molecular flexibility index (Phi) is 2.39. The Morgan fingerprint density at radius 2 is 2.36 bits per heavy atom. The summed E-state index contributed by atoms with van der Waals surface area (Å²) in [6.07, 6.45) is 1.51. The molecule has 3 nitrogen and oxygen atoms in total. The van der Waals surface area contributed by atoms with Crippen LogP contribution in [0.2, 0.25) is 0 Å². The lowest BCUT2D eigenvalue weighted by molar-refractivity contribution is -0.119. The minimum atomic E-state index is 0.137. The zero-order valence-corrected chi connectivity index (χ0v) is 8.12. The zero-order chi connectivity index (χ0) is 9.97. The molecule has 1 atom stereocenters. The molecule has 0 aliphatic carbocycles. The molecule has 1 saturated heterocycles. The number of hydrogen-bond acceptors (Lipinski definition) is 2. The lowest BCUT2D eigenvalue weighted by atomic mass is 10.1. The van der Waals surface area contributed by atoms with Crippen molar-refractivity contribution in [2.45, 2.75) is 18.9 Å². The minimum Gasteiger partial charge on any atom is -0.497 e. The highest BCUT2D eigenvalue weighted by Gasteiger charge is 2.22. The van der Waals surface area contributed by atoms with Crippen molar-refractivity contribution in [3.8, 4) is 5.75 Å². The van der Waals surface area contributed by atoms with Crippen LogP contribution in [0.5, 0.6) is 5.75 Å². The van der Waals surface area contributed by atoms with E-state index in [0.717, 1.165) is 17.7 Å². The quantitative estimate of drug-likeness (QED) is 0.771. The molecule has 0 aromatic heterocycles. The van der Waals surface area contributed by atoms with Gasteiger partial charge in [-0.05, 0) is 24.1 Å². The highest BCUT2D eigenvalue weighted by molar-refractivity contribution is 5.78. The maximum Gasteiger partial charge on any atom is 0.220 e. The van der Waals surface area contributed by atoms with E-state index in [1.165, 1.54) is 0 Å². The molecule has 1 aromatic rings. The average molecular weight is 191 g/mol. The first-order chi connectivity index (χ1) is 6.79. The molecule has 0 spiro atoms. The lowest BCUT2D eigenvalue weighted by Gasteiger charge is -2.11. The second kappa shape index (κ2) is 3.70. The van der Waals surface area contributed by atoms with Gasteiger partial charge in [-0.1, -0.05) is 12.1 Å². The van der Waals surface area contributed by atoms with Gasteiger partial charge in [0, 0.05) is 6.42 Å². The zero-order valence-electron chi connectivity index (χ0n) is 8.12. The van der Waals surface area contributed by atoms with Crippen molar-refractivity contribution < 1.29 is 9.53 Å². The maximum absolute atomic E-state index is 11.0. The van der Waals surface area contributed by atoms with Crippen LogP contribution in [0.4, 0.5) is 0 Å². The molecule has 74 valence electrons. The molecule has 1 fully saturated rings. The molecule has 0 bridgehead atoms. The lowest BCUT2D eigenvalue weighted by Crippen LogP contribution is -2.18. The van der Waals surface area contributed by atoms with E-state index in [-0.39, 0.29) is 11.9 Å². The van der Waals surface area contributed by atoms with E-state index in [4.69, 9.17) is 4.74 Å². The summed E-state index contributed by atoms with van der Waals surface area (Å²) >= 11 is 0. The van der Waals surface area contributed by atoms with E-state index in [1.807, 2.05) is 24.3 Å². The van der Waals surface area contributed by atoms with Crippen molar-refractivity contribution in [1.29, 1.82) is 0 Å². The molecular weight excluding hydrogens is 178 g/mol. The molecule has 0 radical (unpaired) electrons. The fourth-order valence-corrected chi connectivity index (χ4v) is 1.72. The van der Waals surface area contributed by atoms with Gasteiger partial charge in [-0.15, -0.1) is 0 Å². The normalized spacial score (nSPS) is 20.6. The van der Waals surface area contributed by atoms with Gasteiger partial charge in [0.1, 0.15) is 5.75 Å². The van der Waals surface area contributed by atoms with Gasteiger partial charge in [0.05, 0.1) is 13.2 Å². The summed E-state index contributed by atoms with van der Waals surface area (Å²) in [6.45, 7) is 0. The third-order valence-corrected chi connectivity index (χ3v) is 2.49. The Morgan fingerprint density at radius 3 is 3.00 bits per heavy atom. The van der Waals surface area contributed by atoms with Crippen LogP contribution >= 0.6 is 0 Å². The summed E-state index contributed by atoms with van der Waals surface area (Å²) < 4.78 is 5.13. The Labute approximate surface area is 83.1 Å². The topological polar surface area (TPSA) is 38.3 Å². The van der Waals surface area contributed by atoms with E-state index in [1.54, 1.807) is 7.11 Å². The Balaban J connectivity index is 2.19. The molecule has 1 aromatic carbocycles. The highest BCUT2D eigenvalue weighted by atomic mass is 16.5. The van der Waals surface area contributed by atoms with Crippen molar-refractivity contribution >= 4 is 5.91 Å². The van der Waals surface area contributed by atoms with Crippen molar-refractivity contribution in [2.75, 3.05) is 7.11 Å². The van der Waals surface area contributed by atoms with Gasteiger partial charge in [0.15, 0.2) is 0 Å². The largest absolute Gasteiger partial charge is 0.497 e. The first-order valence-corrected chi connectivity index (χ1v) is 4.73. The summed E-state index contributed by atoms with van der Waals surface area (Å²) in [5, 5.41) is 2.93. The van der Waals surface area contributed by atoms with Gasteiger partial charge in [-0.25, -0.2) is 0 Å². The number of benzene rings is 1. The van der Waals surface area contributed by atoms with E-state index in [9.17, 15) is 4.79 Å². The highest BCUT2D eigenvalue weighted by Crippen LogP contribution is 2.26. The van der Waals surface area contributed by atoms with Gasteiger partial charge < -0.3 is 10.1 Å². The van der Waals surface area contributed by atoms with Crippen LogP contribution < -0.4 is 10.1 Å². The van der Waals surface area contributed by atoms with E-state index < -0.39 is 0 Å². The van der Waals surface area contributed by atoms with Crippen LogP contribution in [0.3, 0.4) is 0 Å². The molecule has 0 saturated carbocycles. The fourth-order valence-electron chi connectivity index (χ4n) is 1.72. The molecule has 1 heterocycles. The number of methoxy groups -OCH3 is 1. The third kappa shape index (κ3) is 1.71. The summed E-state index contributed by atoms with van der Waals surface area (Å²) in [7, 11) is 1.65. The molecule has 1 amide bonds. The first kappa shape index (κ1) is 9.06. The van der Waals surface area contributed by atoms with Crippen LogP contribution in [-0.2, 0) is 4.79 Å². The van der Waals surface area contributed by atoms with Crippen LogP contribution in [0, 0.1) is 0 Å². The van der Waals surface area contributed by atoms with Crippen molar-refractivity contribution in [3.05, 3.63) is 29.8 Å². The van der Waals surface area contributed by atoms with Gasteiger partial charge in [-0.3, -0.25) is 4.79 Å². The standard InChI is InChI=1S/C11H13NO2/c1-14-9-4-2-3-8(7-9)10-5-6-11(13)12-10/h2-4,7,10H,5-6H2,1H3,(H,12,13). The second-order valence-corrected chi connectivity index (χ2v) is 3.44. The first-order valence-electron chi connectivity index (χ1n) is 4.73. The predicted octanol–water partition coefficient (Wildman–Crippen LogP) is 1.65.